The van der Waals surface area contributed by atoms with Crippen molar-refractivity contribution in [2.45, 2.75) is 19.4 Å². The number of aliphatic hydroxyl groups excluding tert-OH is 1. The van der Waals surface area contributed by atoms with E-state index in [2.05, 4.69) is 15.6 Å². The van der Waals surface area contributed by atoms with E-state index in [1.165, 1.54) is 5.56 Å². The smallest absolute Gasteiger partial charge is 0.191 e. The number of aliphatic imine (C=N–C) groups is 1. The zero-order chi connectivity index (χ0) is 12.1. The van der Waals surface area contributed by atoms with Crippen LogP contribution in [0.15, 0.2) is 29.3 Å². The standard InChI is InChI=1S/C13H19N3O.HI/c1-10-3-5-11(6-4-10)12(17)9-16-13-14-7-2-8-15-13;/h3-6,12,17H,2,7-9H2,1H3,(H2,14,15,16);1H. The molecule has 5 heteroatoms. The van der Waals surface area contributed by atoms with E-state index in [4.69, 9.17) is 0 Å². The predicted octanol–water partition coefficient (Wildman–Crippen LogP) is 1.59. The number of nitrogens with zero attached hydrogens (tertiary/aromatic N) is 1. The molecule has 1 heterocycles. The Morgan fingerprint density at radius 1 is 1.39 bits per heavy atom. The number of halogens is 1. The molecule has 1 aliphatic rings. The summed E-state index contributed by atoms with van der Waals surface area (Å²) in [6.07, 6.45) is 0.577. The molecule has 1 aliphatic heterocycles. The second-order valence-corrected chi connectivity index (χ2v) is 4.32. The second-order valence-electron chi connectivity index (χ2n) is 4.32. The largest absolute Gasteiger partial charge is 0.387 e. The normalized spacial score (nSPS) is 16.0. The molecule has 0 aliphatic carbocycles. The van der Waals surface area contributed by atoms with E-state index in [1.54, 1.807) is 0 Å². The van der Waals surface area contributed by atoms with Crippen molar-refractivity contribution in [1.29, 1.82) is 0 Å². The van der Waals surface area contributed by atoms with E-state index >= 15 is 0 Å². The summed E-state index contributed by atoms with van der Waals surface area (Å²) < 4.78 is 0. The van der Waals surface area contributed by atoms with Gasteiger partial charge < -0.3 is 15.7 Å². The Hall–Kier alpha value is -0.820. The Morgan fingerprint density at radius 3 is 2.72 bits per heavy atom. The highest BCUT2D eigenvalue weighted by atomic mass is 127. The molecule has 1 aromatic rings. The maximum atomic E-state index is 10.00. The number of rotatable bonds is 3. The van der Waals surface area contributed by atoms with Gasteiger partial charge in [0.2, 0.25) is 0 Å². The quantitative estimate of drug-likeness (QED) is 0.717. The number of hydrogen-bond donors (Lipinski definition) is 3. The molecule has 0 fully saturated rings. The fraction of sp³-hybridized carbons (Fsp3) is 0.462. The van der Waals surface area contributed by atoms with Gasteiger partial charge in [0.25, 0.3) is 0 Å². The summed E-state index contributed by atoms with van der Waals surface area (Å²) in [6.45, 7) is 4.33. The van der Waals surface area contributed by atoms with E-state index in [-0.39, 0.29) is 24.0 Å². The minimum absolute atomic E-state index is 0. The van der Waals surface area contributed by atoms with Gasteiger partial charge in [-0.15, -0.1) is 24.0 Å². The summed E-state index contributed by atoms with van der Waals surface area (Å²) in [7, 11) is 0. The second kappa shape index (κ2) is 7.58. The van der Waals surface area contributed by atoms with Crippen LogP contribution in [0.3, 0.4) is 0 Å². The first kappa shape index (κ1) is 15.2. The summed E-state index contributed by atoms with van der Waals surface area (Å²) in [6, 6.07) is 7.93. The van der Waals surface area contributed by atoms with Gasteiger partial charge in [-0.05, 0) is 18.9 Å². The Kier molecular flexibility index (Phi) is 6.42. The number of aliphatic hydroxyl groups is 1. The Morgan fingerprint density at radius 2 is 2.11 bits per heavy atom. The summed E-state index contributed by atoms with van der Waals surface area (Å²) in [5.74, 6) is 0.794. The Balaban J connectivity index is 0.00000162. The maximum Gasteiger partial charge on any atom is 0.191 e. The van der Waals surface area contributed by atoms with Gasteiger partial charge in [0.15, 0.2) is 5.96 Å². The van der Waals surface area contributed by atoms with Crippen LogP contribution >= 0.6 is 24.0 Å². The summed E-state index contributed by atoms with van der Waals surface area (Å²) in [5.41, 5.74) is 2.13. The molecule has 18 heavy (non-hydrogen) atoms. The van der Waals surface area contributed by atoms with E-state index < -0.39 is 6.10 Å². The molecule has 1 aromatic carbocycles. The number of guanidine groups is 1. The first-order chi connectivity index (χ1) is 8.25. The van der Waals surface area contributed by atoms with Crippen LogP contribution < -0.4 is 10.6 Å². The number of nitrogens with one attached hydrogen (secondary N) is 2. The van der Waals surface area contributed by atoms with Crippen molar-refractivity contribution < 1.29 is 5.11 Å². The highest BCUT2D eigenvalue weighted by Crippen LogP contribution is 2.12. The number of benzene rings is 1. The van der Waals surface area contributed by atoms with Crippen molar-refractivity contribution in [1.82, 2.24) is 10.6 Å². The minimum atomic E-state index is -0.498. The lowest BCUT2D eigenvalue weighted by molar-refractivity contribution is 0.180. The first-order valence-electron chi connectivity index (χ1n) is 6.02. The maximum absolute atomic E-state index is 10.00. The molecule has 4 nitrogen and oxygen atoms in total. The topological polar surface area (TPSA) is 56.6 Å². The summed E-state index contributed by atoms with van der Waals surface area (Å²) >= 11 is 0. The predicted molar refractivity (Wildman–Crippen MR) is 84.5 cm³/mol. The third-order valence-corrected chi connectivity index (χ3v) is 2.82. The van der Waals surface area contributed by atoms with Gasteiger partial charge in [-0.3, -0.25) is 4.99 Å². The fourth-order valence-electron chi connectivity index (χ4n) is 1.75. The van der Waals surface area contributed by atoms with Crippen LogP contribution in [0.25, 0.3) is 0 Å². The molecule has 0 spiro atoms. The average molecular weight is 361 g/mol. The lowest BCUT2D eigenvalue weighted by Crippen LogP contribution is -2.42. The van der Waals surface area contributed by atoms with Crippen LogP contribution in [0, 0.1) is 6.92 Å². The lowest BCUT2D eigenvalue weighted by atomic mass is 10.1. The molecular weight excluding hydrogens is 341 g/mol. The van der Waals surface area contributed by atoms with E-state index in [1.807, 2.05) is 31.2 Å². The van der Waals surface area contributed by atoms with Crippen LogP contribution in [-0.2, 0) is 0 Å². The van der Waals surface area contributed by atoms with E-state index in [0.29, 0.717) is 6.54 Å². The molecule has 1 unspecified atom stereocenters. The molecule has 0 amide bonds. The third kappa shape index (κ3) is 4.45. The zero-order valence-electron chi connectivity index (χ0n) is 10.5. The molecule has 0 saturated heterocycles. The van der Waals surface area contributed by atoms with Crippen molar-refractivity contribution in [3.8, 4) is 0 Å². The fourth-order valence-corrected chi connectivity index (χ4v) is 1.75. The van der Waals surface area contributed by atoms with Gasteiger partial charge >= 0.3 is 0 Å². The highest BCUT2D eigenvalue weighted by molar-refractivity contribution is 14.0. The monoisotopic (exact) mass is 361 g/mol. The van der Waals surface area contributed by atoms with Gasteiger partial charge in [0, 0.05) is 19.6 Å². The van der Waals surface area contributed by atoms with Crippen LogP contribution in [-0.4, -0.2) is 30.7 Å². The minimum Gasteiger partial charge on any atom is -0.387 e. The number of aryl methyl sites for hydroxylation is 1. The van der Waals surface area contributed by atoms with Gasteiger partial charge in [0.1, 0.15) is 0 Å². The Labute approximate surface area is 125 Å². The molecule has 2 rings (SSSR count). The highest BCUT2D eigenvalue weighted by Gasteiger charge is 2.09. The first-order valence-corrected chi connectivity index (χ1v) is 6.02. The van der Waals surface area contributed by atoms with Crippen molar-refractivity contribution in [2.75, 3.05) is 19.6 Å². The average Bonchev–Trinajstić information content (AvgIpc) is 2.38. The summed E-state index contributed by atoms with van der Waals surface area (Å²) in [5, 5.41) is 16.3. The molecule has 0 saturated carbocycles. The molecule has 100 valence electrons. The van der Waals surface area contributed by atoms with Crippen LogP contribution in [0.5, 0.6) is 0 Å². The van der Waals surface area contributed by atoms with Crippen molar-refractivity contribution >= 4 is 29.9 Å². The van der Waals surface area contributed by atoms with Crippen LogP contribution in [0.2, 0.25) is 0 Å². The third-order valence-electron chi connectivity index (χ3n) is 2.82. The van der Waals surface area contributed by atoms with Crippen LogP contribution in [0.4, 0.5) is 0 Å². The van der Waals surface area contributed by atoms with Gasteiger partial charge in [-0.1, -0.05) is 29.8 Å². The van der Waals surface area contributed by atoms with E-state index in [0.717, 1.165) is 31.0 Å². The molecule has 0 bridgehead atoms. The van der Waals surface area contributed by atoms with Crippen LogP contribution in [0.1, 0.15) is 23.7 Å². The molecule has 3 N–H and O–H groups in total. The molecule has 0 aromatic heterocycles. The van der Waals surface area contributed by atoms with Crippen molar-refractivity contribution in [3.05, 3.63) is 35.4 Å². The van der Waals surface area contributed by atoms with E-state index in [9.17, 15) is 5.11 Å². The molecule has 0 radical (unpaired) electrons. The van der Waals surface area contributed by atoms with Gasteiger partial charge in [0.05, 0.1) is 6.10 Å². The SMILES string of the molecule is Cc1ccc(C(O)CNC2=NCCCN2)cc1.I. The van der Waals surface area contributed by atoms with Crippen molar-refractivity contribution in [3.63, 3.8) is 0 Å². The Bertz CT molecular complexity index is 392. The number of hydrogen-bond acceptors (Lipinski definition) is 4. The summed E-state index contributed by atoms with van der Waals surface area (Å²) in [4.78, 5) is 4.29. The van der Waals surface area contributed by atoms with Crippen molar-refractivity contribution in [2.24, 2.45) is 4.99 Å². The molecular formula is C13H20IN3O. The van der Waals surface area contributed by atoms with Gasteiger partial charge in [-0.2, -0.15) is 0 Å². The van der Waals surface area contributed by atoms with Gasteiger partial charge in [-0.25, -0.2) is 0 Å². The lowest BCUT2D eigenvalue weighted by Gasteiger charge is -2.18. The zero-order valence-corrected chi connectivity index (χ0v) is 12.8. The molecule has 1 atom stereocenters.